The van der Waals surface area contributed by atoms with Crippen LogP contribution in [-0.4, -0.2) is 42.4 Å². The summed E-state index contributed by atoms with van der Waals surface area (Å²) in [5.41, 5.74) is 33.4. The summed E-state index contributed by atoms with van der Waals surface area (Å²) < 4.78 is 14.2. The van der Waals surface area contributed by atoms with Crippen LogP contribution in [0.2, 0.25) is 0 Å². The summed E-state index contributed by atoms with van der Waals surface area (Å²) in [4.78, 5) is 18.1. The molecule has 27 rings (SSSR count). The topological polar surface area (TPSA) is 68.2 Å². The van der Waals surface area contributed by atoms with Gasteiger partial charge in [0.25, 0.3) is 0 Å². The van der Waals surface area contributed by atoms with E-state index < -0.39 is 0 Å². The first-order chi connectivity index (χ1) is 65.4. The fourth-order valence-electron chi connectivity index (χ4n) is 21.2. The van der Waals surface area contributed by atoms with Crippen molar-refractivity contribution in [1.82, 2.24) is 42.4 Å². The highest BCUT2D eigenvalue weighted by atomic mass is 15.3. The Kier molecular flexibility index (Phi) is 16.9. The van der Waals surface area contributed by atoms with Crippen molar-refractivity contribution in [3.8, 4) is 124 Å². The van der Waals surface area contributed by atoms with Gasteiger partial charge in [0.15, 0.2) is 5.82 Å². The monoisotopic (exact) mass is 1680 g/mol. The third-order valence-corrected chi connectivity index (χ3v) is 27.3. The maximum Gasteiger partial charge on any atom is 0.240 e. The molecule has 0 unspecified atom stereocenters. The van der Waals surface area contributed by atoms with E-state index in [2.05, 4.69) is 495 Å². The number of para-hydroxylation sites is 8. The fraction of sp³-hybridized carbons (Fsp3) is 0. The lowest BCUT2D eigenvalue weighted by Gasteiger charge is -2.15. The Balaban J connectivity index is 0.727. The first-order valence-electron chi connectivity index (χ1n) is 45.1. The second-order valence-electron chi connectivity index (χ2n) is 34.6. The summed E-state index contributed by atoms with van der Waals surface area (Å²) in [6, 6.07) is 171. The Morgan fingerprint density at radius 1 is 0.121 bits per heavy atom. The van der Waals surface area contributed by atoms with Crippen LogP contribution in [0.5, 0.6) is 0 Å². The van der Waals surface area contributed by atoms with Gasteiger partial charge >= 0.3 is 0 Å². The molecule has 0 radical (unpaired) electrons. The third-order valence-electron chi connectivity index (χ3n) is 27.3. The summed E-state index contributed by atoms with van der Waals surface area (Å²) in [6.45, 7) is 0. The number of benzene rings is 20. The number of fused-ring (bicyclic) bond motifs is 18. The third kappa shape index (κ3) is 11.9. The maximum atomic E-state index is 6.14. The molecule has 0 saturated heterocycles. The van der Waals surface area contributed by atoms with Crippen LogP contribution in [0.1, 0.15) is 0 Å². The summed E-state index contributed by atoms with van der Waals surface area (Å²) in [5, 5.41) is 13.6. The number of hydrogen-bond donors (Lipinski definition) is 0. The molecule has 0 spiro atoms. The average molecular weight is 1680 g/mol. The van der Waals surface area contributed by atoms with Crippen LogP contribution < -0.4 is 0 Å². The van der Waals surface area contributed by atoms with Crippen LogP contribution in [0.25, 0.3) is 255 Å². The highest BCUT2D eigenvalue weighted by Crippen LogP contribution is 2.47. The van der Waals surface area contributed by atoms with Crippen LogP contribution in [0.3, 0.4) is 0 Å². The standard InChI is InChI=1S/C123H77N9/c1-7-28-78(29-8-1)95-59-50-81(69-104(95)79-30-9-2-10-31-79)80-32-27-33-90(68-80)121-124-122(131-117-74-86(82-55-64-113-105(70-82)96-42-19-23-46-109(96)127(113)91-34-11-3-12-35-91)51-60-100(117)101-61-52-87(75-118(101)131)83-56-65-114-106(71-83)97-43-20-24-47-110(97)128(114)92-36-13-4-14-37-92)126-123(125-121)132-119-76-88(84-57-66-115-107(72-84)98-44-21-25-48-111(98)129(115)93-38-15-5-16-39-93)53-62-102(119)103-63-54-89(77-120(103)132)85-58-67-116-108(73-85)99-45-22-26-49-112(99)130(116)94-40-17-6-18-41-94/h1-77H. The molecule has 0 fully saturated rings. The Hall–Kier alpha value is -17.8. The van der Waals surface area contributed by atoms with E-state index in [-0.39, 0.29) is 0 Å². The molecule has 0 aliphatic heterocycles. The summed E-state index contributed by atoms with van der Waals surface area (Å²) in [5.74, 6) is 1.42. The number of aromatic nitrogens is 9. The largest absolute Gasteiger partial charge is 0.309 e. The Morgan fingerprint density at radius 2 is 0.356 bits per heavy atom. The van der Waals surface area contributed by atoms with Crippen molar-refractivity contribution in [2.75, 3.05) is 0 Å². The molecule has 20 aromatic carbocycles. The Labute approximate surface area is 759 Å². The van der Waals surface area contributed by atoms with Crippen molar-refractivity contribution >= 4 is 131 Å². The van der Waals surface area contributed by atoms with Gasteiger partial charge in [0.2, 0.25) is 11.9 Å². The van der Waals surface area contributed by atoms with Gasteiger partial charge in [0, 0.05) is 92.9 Å². The second kappa shape index (κ2) is 29.9. The highest BCUT2D eigenvalue weighted by molar-refractivity contribution is 6.18. The quantitative estimate of drug-likeness (QED) is 0.109. The molecular weight excluding hydrogens is 1600 g/mol. The minimum Gasteiger partial charge on any atom is -0.309 e. The molecule has 0 aliphatic carbocycles. The van der Waals surface area contributed by atoms with E-state index in [4.69, 9.17) is 15.0 Å². The van der Waals surface area contributed by atoms with Crippen LogP contribution in [0.4, 0.5) is 0 Å². The van der Waals surface area contributed by atoms with E-state index in [1.54, 1.807) is 0 Å². The van der Waals surface area contributed by atoms with Gasteiger partial charge in [-0.05, 0) is 236 Å². The lowest BCUT2D eigenvalue weighted by atomic mass is 9.91. The Morgan fingerprint density at radius 3 is 0.689 bits per heavy atom. The number of nitrogens with zero attached hydrogens (tertiary/aromatic N) is 9. The maximum absolute atomic E-state index is 6.14. The normalized spacial score (nSPS) is 11.9. The first kappa shape index (κ1) is 74.5. The molecule has 0 saturated carbocycles. The van der Waals surface area contributed by atoms with Gasteiger partial charge < -0.3 is 18.3 Å². The summed E-state index contributed by atoms with van der Waals surface area (Å²) in [6.07, 6.45) is 0. The molecule has 0 aliphatic rings. The first-order valence-corrected chi connectivity index (χ1v) is 45.1. The lowest BCUT2D eigenvalue weighted by molar-refractivity contribution is 0.893. The van der Waals surface area contributed by atoms with E-state index in [0.29, 0.717) is 17.7 Å². The van der Waals surface area contributed by atoms with Crippen molar-refractivity contribution in [1.29, 1.82) is 0 Å². The van der Waals surface area contributed by atoms with Crippen molar-refractivity contribution in [3.05, 3.63) is 467 Å². The zero-order valence-electron chi connectivity index (χ0n) is 71.5. The molecule has 9 nitrogen and oxygen atoms in total. The fourth-order valence-corrected chi connectivity index (χ4v) is 21.2. The smallest absolute Gasteiger partial charge is 0.240 e. The van der Waals surface area contributed by atoms with E-state index in [0.717, 1.165) is 194 Å². The molecule has 614 valence electrons. The van der Waals surface area contributed by atoms with Gasteiger partial charge in [-0.3, -0.25) is 9.13 Å². The van der Waals surface area contributed by atoms with E-state index >= 15 is 0 Å². The van der Waals surface area contributed by atoms with Crippen molar-refractivity contribution in [3.63, 3.8) is 0 Å². The second-order valence-corrected chi connectivity index (χ2v) is 34.6. The van der Waals surface area contributed by atoms with Gasteiger partial charge in [-0.15, -0.1) is 0 Å². The molecule has 9 heteroatoms. The highest BCUT2D eigenvalue weighted by Gasteiger charge is 2.27. The molecule has 0 N–H and O–H groups in total. The van der Waals surface area contributed by atoms with Crippen molar-refractivity contribution in [2.45, 2.75) is 0 Å². The zero-order valence-corrected chi connectivity index (χ0v) is 71.5. The van der Waals surface area contributed by atoms with Crippen LogP contribution >= 0.6 is 0 Å². The van der Waals surface area contributed by atoms with E-state index in [1.165, 1.54) is 43.1 Å². The van der Waals surface area contributed by atoms with Crippen LogP contribution in [-0.2, 0) is 0 Å². The molecule has 7 heterocycles. The van der Waals surface area contributed by atoms with E-state index in [9.17, 15) is 0 Å². The molecule has 7 aromatic heterocycles. The van der Waals surface area contributed by atoms with Gasteiger partial charge in [-0.1, -0.05) is 309 Å². The predicted molar refractivity (Wildman–Crippen MR) is 549 cm³/mol. The van der Waals surface area contributed by atoms with Gasteiger partial charge in [-0.2, -0.15) is 15.0 Å². The Bertz CT molecular complexity index is 8500. The van der Waals surface area contributed by atoms with Crippen LogP contribution in [0.15, 0.2) is 467 Å². The molecular formula is C123H77N9. The minimum absolute atomic E-state index is 0.457. The number of rotatable bonds is 14. The van der Waals surface area contributed by atoms with Crippen molar-refractivity contribution < 1.29 is 0 Å². The van der Waals surface area contributed by atoms with Gasteiger partial charge in [-0.25, -0.2) is 0 Å². The predicted octanol–water partition coefficient (Wildman–Crippen LogP) is 31.8. The van der Waals surface area contributed by atoms with Gasteiger partial charge in [0.1, 0.15) is 0 Å². The minimum atomic E-state index is 0.457. The molecule has 132 heavy (non-hydrogen) atoms. The van der Waals surface area contributed by atoms with Crippen molar-refractivity contribution in [2.24, 2.45) is 0 Å². The molecule has 0 amide bonds. The molecule has 27 aromatic rings. The lowest BCUT2D eigenvalue weighted by Crippen LogP contribution is -2.10. The average Bonchev–Trinajstić information content (AvgIpc) is 1.55. The number of hydrogen-bond acceptors (Lipinski definition) is 3. The zero-order chi connectivity index (χ0) is 86.6. The van der Waals surface area contributed by atoms with Crippen LogP contribution in [0, 0.1) is 0 Å². The summed E-state index contributed by atoms with van der Waals surface area (Å²) in [7, 11) is 0. The SMILES string of the molecule is c1ccc(-c2ccc(-c3cccc(-c4nc(-n5c6cc(-c7ccc8c(c7)c7ccccc7n8-c7ccccc7)ccc6c6ccc(-c7ccc8c(c7)c7ccccc7n8-c7ccccc7)cc65)nc(-n5c6cc(-c7ccc8c(c7)c7ccccc7n8-c7ccccc7)ccc6c6ccc(-c7ccc8c(c7)c7ccccc7n8-c7ccccc7)cc65)n4)c3)cc2-c2ccccc2)cc1. The molecule has 0 bridgehead atoms. The van der Waals surface area contributed by atoms with Gasteiger partial charge in [0.05, 0.1) is 66.2 Å². The summed E-state index contributed by atoms with van der Waals surface area (Å²) >= 11 is 0. The van der Waals surface area contributed by atoms with E-state index in [1.807, 2.05) is 0 Å². The molecule has 0 atom stereocenters.